The molecule has 2 aromatic rings. The maximum atomic E-state index is 3.92. The highest BCUT2D eigenvalue weighted by Gasteiger charge is 1.74. The Morgan fingerprint density at radius 3 is 1.54 bits per heavy atom. The fraction of sp³-hybridized carbons (Fsp3) is 0.111. The molecule has 0 aliphatic heterocycles. The van der Waals surface area contributed by atoms with Crippen LogP contribution >= 0.6 is 0 Å². The zero-order valence-electron chi connectivity index (χ0n) is 7.33. The van der Waals surface area contributed by atoms with Crippen LogP contribution in [0.25, 0.3) is 0 Å². The average molecular weight is 174 g/mol. The Hall–Kier alpha value is -1.84. The highest BCUT2D eigenvalue weighted by Crippen LogP contribution is 1.81. The number of hydrogen-bond donors (Lipinski definition) is 0. The molecule has 0 saturated heterocycles. The van der Waals surface area contributed by atoms with Gasteiger partial charge >= 0.3 is 0 Å². The van der Waals surface area contributed by atoms with E-state index in [0.717, 1.165) is 5.69 Å². The number of hydrogen-bond acceptors (Lipinski definition) is 4. The van der Waals surface area contributed by atoms with Crippen molar-refractivity contribution in [2.24, 2.45) is 0 Å². The van der Waals surface area contributed by atoms with Gasteiger partial charge in [-0.1, -0.05) is 0 Å². The van der Waals surface area contributed by atoms with Crippen LogP contribution < -0.4 is 0 Å². The normalized spacial score (nSPS) is 8.38. The molecular weight excluding hydrogens is 164 g/mol. The van der Waals surface area contributed by atoms with Gasteiger partial charge in [0.15, 0.2) is 0 Å². The SMILES string of the molecule is Cc1cnccn1.c1cnccn1. The Kier molecular flexibility index (Phi) is 4.10. The van der Waals surface area contributed by atoms with E-state index in [0.29, 0.717) is 0 Å². The molecule has 0 atom stereocenters. The van der Waals surface area contributed by atoms with Crippen LogP contribution in [0.3, 0.4) is 0 Å². The molecule has 0 N–H and O–H groups in total. The van der Waals surface area contributed by atoms with Gasteiger partial charge in [-0.15, -0.1) is 0 Å². The van der Waals surface area contributed by atoms with E-state index in [9.17, 15) is 0 Å². The molecule has 4 nitrogen and oxygen atoms in total. The lowest BCUT2D eigenvalue weighted by Gasteiger charge is -1.81. The molecule has 0 aromatic carbocycles. The predicted molar refractivity (Wildman–Crippen MR) is 48.8 cm³/mol. The smallest absolute Gasteiger partial charge is 0.0555 e. The zero-order chi connectivity index (χ0) is 9.36. The molecule has 0 aliphatic carbocycles. The monoisotopic (exact) mass is 174 g/mol. The maximum absolute atomic E-state index is 3.92. The minimum atomic E-state index is 0.961. The van der Waals surface area contributed by atoms with Gasteiger partial charge in [-0.25, -0.2) is 0 Å². The quantitative estimate of drug-likeness (QED) is 0.603. The van der Waals surface area contributed by atoms with E-state index in [1.54, 1.807) is 43.4 Å². The summed E-state index contributed by atoms with van der Waals surface area (Å²) in [5, 5.41) is 0. The molecule has 66 valence electrons. The van der Waals surface area contributed by atoms with Crippen LogP contribution in [0.1, 0.15) is 5.69 Å². The van der Waals surface area contributed by atoms with Crippen molar-refractivity contribution in [2.45, 2.75) is 6.92 Å². The first-order chi connectivity index (χ1) is 6.39. The van der Waals surface area contributed by atoms with E-state index in [4.69, 9.17) is 0 Å². The Morgan fingerprint density at radius 1 is 0.769 bits per heavy atom. The Morgan fingerprint density at radius 2 is 1.31 bits per heavy atom. The molecule has 13 heavy (non-hydrogen) atoms. The third-order valence-electron chi connectivity index (χ3n) is 1.17. The Bertz CT molecular complexity index is 282. The third kappa shape index (κ3) is 4.58. The van der Waals surface area contributed by atoms with Gasteiger partial charge in [0.2, 0.25) is 0 Å². The van der Waals surface area contributed by atoms with E-state index in [1.807, 2.05) is 6.92 Å². The van der Waals surface area contributed by atoms with Gasteiger partial charge < -0.3 is 0 Å². The number of aryl methyl sites for hydroxylation is 1. The standard InChI is InChI=1S/C5H6N2.C4H4N2/c1-5-4-6-2-3-7-5;1-2-6-4-3-5-1/h2-4H,1H3;1-4H. The van der Waals surface area contributed by atoms with Crippen molar-refractivity contribution >= 4 is 0 Å². The number of rotatable bonds is 0. The molecule has 0 bridgehead atoms. The van der Waals surface area contributed by atoms with Crippen molar-refractivity contribution in [1.29, 1.82) is 0 Å². The predicted octanol–water partition coefficient (Wildman–Crippen LogP) is 1.26. The summed E-state index contributed by atoms with van der Waals surface area (Å²) < 4.78 is 0. The lowest BCUT2D eigenvalue weighted by atomic mass is 10.5. The highest BCUT2D eigenvalue weighted by atomic mass is 14.7. The fourth-order valence-corrected chi connectivity index (χ4v) is 0.627. The molecule has 0 aliphatic rings. The first-order valence-electron chi connectivity index (χ1n) is 3.82. The van der Waals surface area contributed by atoms with Crippen molar-refractivity contribution in [3.63, 3.8) is 0 Å². The van der Waals surface area contributed by atoms with Crippen LogP contribution in [-0.2, 0) is 0 Å². The summed E-state index contributed by atoms with van der Waals surface area (Å²) in [6, 6.07) is 0. The summed E-state index contributed by atoms with van der Waals surface area (Å²) >= 11 is 0. The van der Waals surface area contributed by atoms with Crippen molar-refractivity contribution in [3.05, 3.63) is 49.1 Å². The van der Waals surface area contributed by atoms with Crippen LogP contribution in [-0.4, -0.2) is 19.9 Å². The molecule has 2 rings (SSSR count). The van der Waals surface area contributed by atoms with E-state index in [-0.39, 0.29) is 0 Å². The topological polar surface area (TPSA) is 51.6 Å². The second kappa shape index (κ2) is 5.77. The molecule has 0 amide bonds. The molecule has 4 heteroatoms. The van der Waals surface area contributed by atoms with E-state index in [2.05, 4.69) is 19.9 Å². The Balaban J connectivity index is 0.000000132. The third-order valence-corrected chi connectivity index (χ3v) is 1.17. The Labute approximate surface area is 76.7 Å². The van der Waals surface area contributed by atoms with Crippen molar-refractivity contribution in [2.75, 3.05) is 0 Å². The van der Waals surface area contributed by atoms with Crippen molar-refractivity contribution < 1.29 is 0 Å². The minimum Gasteiger partial charge on any atom is -0.262 e. The van der Waals surface area contributed by atoms with E-state index < -0.39 is 0 Å². The lowest BCUT2D eigenvalue weighted by Crippen LogP contribution is -1.77. The van der Waals surface area contributed by atoms with Crippen LogP contribution in [0.2, 0.25) is 0 Å². The van der Waals surface area contributed by atoms with Gasteiger partial charge in [-0.05, 0) is 6.92 Å². The van der Waals surface area contributed by atoms with Crippen LogP contribution in [0.15, 0.2) is 43.4 Å². The molecule has 0 spiro atoms. The van der Waals surface area contributed by atoms with Crippen molar-refractivity contribution in [3.8, 4) is 0 Å². The lowest BCUT2D eigenvalue weighted by molar-refractivity contribution is 1.12. The molecule has 2 aromatic heterocycles. The van der Waals surface area contributed by atoms with Crippen LogP contribution in [0, 0.1) is 6.92 Å². The summed E-state index contributed by atoms with van der Waals surface area (Å²) in [6.45, 7) is 1.91. The molecule has 0 fully saturated rings. The molecule has 0 unspecified atom stereocenters. The molecular formula is C9H10N4. The van der Waals surface area contributed by atoms with Gasteiger partial charge in [0.1, 0.15) is 0 Å². The maximum Gasteiger partial charge on any atom is 0.0555 e. The van der Waals surface area contributed by atoms with E-state index >= 15 is 0 Å². The summed E-state index contributed by atoms with van der Waals surface area (Å²) in [7, 11) is 0. The van der Waals surface area contributed by atoms with Gasteiger partial charge in [0.05, 0.1) is 5.69 Å². The fourth-order valence-electron chi connectivity index (χ4n) is 0.627. The first-order valence-corrected chi connectivity index (χ1v) is 3.82. The summed E-state index contributed by atoms with van der Waals surface area (Å²) in [6.07, 6.45) is 11.6. The zero-order valence-corrected chi connectivity index (χ0v) is 7.33. The second-order valence-electron chi connectivity index (χ2n) is 2.24. The highest BCUT2D eigenvalue weighted by molar-refractivity contribution is 4.88. The second-order valence-corrected chi connectivity index (χ2v) is 2.24. The van der Waals surface area contributed by atoms with E-state index in [1.165, 1.54) is 0 Å². The van der Waals surface area contributed by atoms with Crippen LogP contribution in [0.5, 0.6) is 0 Å². The van der Waals surface area contributed by atoms with Crippen LogP contribution in [0.4, 0.5) is 0 Å². The summed E-state index contributed by atoms with van der Waals surface area (Å²) in [5.74, 6) is 0. The summed E-state index contributed by atoms with van der Waals surface area (Å²) in [5.41, 5.74) is 0.961. The molecule has 0 radical (unpaired) electrons. The largest absolute Gasteiger partial charge is 0.262 e. The average Bonchev–Trinajstić information content (AvgIpc) is 2.22. The molecule has 0 saturated carbocycles. The summed E-state index contributed by atoms with van der Waals surface area (Å²) in [4.78, 5) is 15.2. The van der Waals surface area contributed by atoms with Gasteiger partial charge in [-0.2, -0.15) is 0 Å². The van der Waals surface area contributed by atoms with Gasteiger partial charge in [-0.3, -0.25) is 19.9 Å². The van der Waals surface area contributed by atoms with Gasteiger partial charge in [0.25, 0.3) is 0 Å². The number of nitrogens with zero attached hydrogens (tertiary/aromatic N) is 4. The van der Waals surface area contributed by atoms with Crippen molar-refractivity contribution in [1.82, 2.24) is 19.9 Å². The van der Waals surface area contributed by atoms with Gasteiger partial charge in [0, 0.05) is 43.4 Å². The first kappa shape index (κ1) is 9.25. The minimum absolute atomic E-state index is 0.961. The number of aromatic nitrogens is 4. The molecule has 2 heterocycles.